The van der Waals surface area contributed by atoms with Crippen LogP contribution in [0.25, 0.3) is 11.4 Å². The van der Waals surface area contributed by atoms with Crippen LogP contribution in [0.15, 0.2) is 55.0 Å². The van der Waals surface area contributed by atoms with Crippen molar-refractivity contribution in [2.24, 2.45) is 0 Å². The Bertz CT molecular complexity index is 1040. The number of carbonyl (C=O) groups is 2. The molecule has 7 nitrogen and oxygen atoms in total. The number of benzene rings is 1. The number of hydrogen-bond acceptors (Lipinski definition) is 5. The predicted molar refractivity (Wildman–Crippen MR) is 102 cm³/mol. The summed E-state index contributed by atoms with van der Waals surface area (Å²) in [4.78, 5) is 36.9. The minimum atomic E-state index is -0.944. The van der Waals surface area contributed by atoms with Crippen LogP contribution in [-0.4, -0.2) is 31.9 Å². The monoisotopic (exact) mass is 374 g/mol. The fourth-order valence-electron chi connectivity index (χ4n) is 3.55. The summed E-state index contributed by atoms with van der Waals surface area (Å²) in [6.45, 7) is 0. The van der Waals surface area contributed by atoms with Gasteiger partial charge in [-0.2, -0.15) is 0 Å². The smallest absolute Gasteiger partial charge is 0.335 e. The van der Waals surface area contributed by atoms with Crippen molar-refractivity contribution in [3.8, 4) is 11.4 Å². The molecule has 0 bridgehead atoms. The van der Waals surface area contributed by atoms with E-state index in [-0.39, 0.29) is 17.6 Å². The van der Waals surface area contributed by atoms with Crippen LogP contribution < -0.4 is 5.32 Å². The second-order valence-electron chi connectivity index (χ2n) is 6.60. The average Bonchev–Trinajstić information content (AvgIpc) is 2.74. The van der Waals surface area contributed by atoms with Crippen molar-refractivity contribution in [2.75, 3.05) is 0 Å². The number of nitrogens with one attached hydrogen (secondary N) is 1. The Morgan fingerprint density at radius 1 is 1.11 bits per heavy atom. The Kier molecular flexibility index (Phi) is 4.80. The number of amides is 1. The molecule has 0 fully saturated rings. The second-order valence-corrected chi connectivity index (χ2v) is 6.60. The van der Waals surface area contributed by atoms with E-state index >= 15 is 0 Å². The summed E-state index contributed by atoms with van der Waals surface area (Å²) in [5.41, 5.74) is 2.95. The fourth-order valence-corrected chi connectivity index (χ4v) is 3.55. The van der Waals surface area contributed by atoms with Crippen LogP contribution >= 0.6 is 0 Å². The maximum Gasteiger partial charge on any atom is 0.335 e. The van der Waals surface area contributed by atoms with Crippen LogP contribution in [0.5, 0.6) is 0 Å². The second kappa shape index (κ2) is 7.56. The third-order valence-electron chi connectivity index (χ3n) is 4.85. The number of hydrogen-bond donors (Lipinski definition) is 2. The standard InChI is InChI=1S/C21H18N4O3/c26-20(18-9-11-23-19(24-18)13-4-3-10-22-12-13)25-17-8-2-5-14-15(17)6-1-7-16(14)21(27)28/h1,3-4,6-7,9-12,17H,2,5,8H2,(H,25,26)(H,27,28). The predicted octanol–water partition coefficient (Wildman–Crippen LogP) is 3.04. The van der Waals surface area contributed by atoms with Gasteiger partial charge in [0, 0.05) is 24.2 Å². The van der Waals surface area contributed by atoms with Gasteiger partial charge in [0.25, 0.3) is 5.91 Å². The molecule has 0 radical (unpaired) electrons. The largest absolute Gasteiger partial charge is 0.478 e. The van der Waals surface area contributed by atoms with Gasteiger partial charge in [0.1, 0.15) is 5.69 Å². The topological polar surface area (TPSA) is 105 Å². The molecule has 1 amide bonds. The quantitative estimate of drug-likeness (QED) is 0.727. The molecule has 0 aliphatic heterocycles. The van der Waals surface area contributed by atoms with Crippen LogP contribution in [0.3, 0.4) is 0 Å². The summed E-state index contributed by atoms with van der Waals surface area (Å²) in [5, 5.41) is 12.4. The molecule has 1 aliphatic rings. The van der Waals surface area contributed by atoms with Gasteiger partial charge in [-0.1, -0.05) is 12.1 Å². The lowest BCUT2D eigenvalue weighted by Gasteiger charge is -2.27. The number of aromatic nitrogens is 3. The highest BCUT2D eigenvalue weighted by Gasteiger charge is 2.26. The van der Waals surface area contributed by atoms with E-state index in [1.165, 1.54) is 0 Å². The molecule has 2 aromatic heterocycles. The lowest BCUT2D eigenvalue weighted by molar-refractivity contribution is 0.0695. The number of nitrogens with zero attached hydrogens (tertiary/aromatic N) is 3. The first kappa shape index (κ1) is 17.8. The lowest BCUT2D eigenvalue weighted by atomic mass is 9.84. The molecular weight excluding hydrogens is 356 g/mol. The van der Waals surface area contributed by atoms with Gasteiger partial charge in [0.2, 0.25) is 0 Å². The van der Waals surface area contributed by atoms with E-state index in [2.05, 4.69) is 20.3 Å². The van der Waals surface area contributed by atoms with E-state index in [4.69, 9.17) is 0 Å². The van der Waals surface area contributed by atoms with Gasteiger partial charge in [-0.3, -0.25) is 9.78 Å². The van der Waals surface area contributed by atoms with Crippen molar-refractivity contribution in [3.63, 3.8) is 0 Å². The molecular formula is C21H18N4O3. The highest BCUT2D eigenvalue weighted by molar-refractivity contribution is 5.93. The first-order valence-electron chi connectivity index (χ1n) is 9.03. The number of rotatable bonds is 4. The molecule has 2 N–H and O–H groups in total. The SMILES string of the molecule is O=C(NC1CCCc2c(C(=O)O)cccc21)c1ccnc(-c2cccnc2)n1. The molecule has 0 saturated carbocycles. The van der Waals surface area contributed by atoms with Crippen molar-refractivity contribution in [2.45, 2.75) is 25.3 Å². The Hall–Kier alpha value is -3.61. The number of carboxylic acid groups (broad SMARTS) is 1. The van der Waals surface area contributed by atoms with E-state index in [1.807, 2.05) is 12.1 Å². The first-order valence-corrected chi connectivity index (χ1v) is 9.03. The molecule has 1 unspecified atom stereocenters. The van der Waals surface area contributed by atoms with Crippen LogP contribution in [0.2, 0.25) is 0 Å². The van der Waals surface area contributed by atoms with E-state index in [0.717, 1.165) is 29.5 Å². The van der Waals surface area contributed by atoms with Crippen molar-refractivity contribution in [1.29, 1.82) is 0 Å². The minimum Gasteiger partial charge on any atom is -0.478 e. The molecule has 1 aliphatic carbocycles. The van der Waals surface area contributed by atoms with Crippen LogP contribution in [-0.2, 0) is 6.42 Å². The summed E-state index contributed by atoms with van der Waals surface area (Å²) in [6, 6.07) is 10.1. The van der Waals surface area contributed by atoms with Crippen molar-refractivity contribution in [1.82, 2.24) is 20.3 Å². The first-order chi connectivity index (χ1) is 13.6. The number of aromatic carboxylic acids is 1. The highest BCUT2D eigenvalue weighted by Crippen LogP contribution is 2.32. The van der Waals surface area contributed by atoms with Crippen molar-refractivity contribution in [3.05, 3.63) is 77.4 Å². The van der Waals surface area contributed by atoms with Gasteiger partial charge in [-0.25, -0.2) is 14.8 Å². The summed E-state index contributed by atoms with van der Waals surface area (Å²) in [5.74, 6) is -0.829. The van der Waals surface area contributed by atoms with Crippen LogP contribution in [0.4, 0.5) is 0 Å². The van der Waals surface area contributed by atoms with Gasteiger partial charge in [0.05, 0.1) is 11.6 Å². The summed E-state index contributed by atoms with van der Waals surface area (Å²) in [6.07, 6.45) is 7.10. The fraction of sp³-hybridized carbons (Fsp3) is 0.190. The zero-order valence-electron chi connectivity index (χ0n) is 15.0. The molecule has 28 heavy (non-hydrogen) atoms. The van der Waals surface area contributed by atoms with Crippen molar-refractivity contribution >= 4 is 11.9 Å². The van der Waals surface area contributed by atoms with Crippen LogP contribution in [0.1, 0.15) is 50.9 Å². The Balaban J connectivity index is 1.59. The average molecular weight is 374 g/mol. The van der Waals surface area contributed by atoms with Gasteiger partial charge in [-0.05, 0) is 54.7 Å². The van der Waals surface area contributed by atoms with E-state index in [1.54, 1.807) is 42.9 Å². The summed E-state index contributed by atoms with van der Waals surface area (Å²) >= 11 is 0. The molecule has 4 rings (SSSR count). The molecule has 1 aromatic carbocycles. The number of carbonyl (C=O) groups excluding carboxylic acids is 1. The Morgan fingerprint density at radius 2 is 2.00 bits per heavy atom. The van der Waals surface area contributed by atoms with Gasteiger partial charge in [-0.15, -0.1) is 0 Å². The van der Waals surface area contributed by atoms with E-state index < -0.39 is 5.97 Å². The molecule has 140 valence electrons. The number of fused-ring (bicyclic) bond motifs is 1. The van der Waals surface area contributed by atoms with Crippen molar-refractivity contribution < 1.29 is 14.7 Å². The number of pyridine rings is 1. The molecule has 0 saturated heterocycles. The third-order valence-corrected chi connectivity index (χ3v) is 4.85. The summed E-state index contributed by atoms with van der Waals surface area (Å²) in [7, 11) is 0. The maximum absolute atomic E-state index is 12.8. The van der Waals surface area contributed by atoms with Gasteiger partial charge in [0.15, 0.2) is 5.82 Å². The minimum absolute atomic E-state index is 0.243. The van der Waals surface area contributed by atoms with Gasteiger partial charge >= 0.3 is 5.97 Å². The van der Waals surface area contributed by atoms with E-state index in [0.29, 0.717) is 17.8 Å². The molecule has 2 heterocycles. The normalized spacial score (nSPS) is 15.5. The lowest BCUT2D eigenvalue weighted by Crippen LogP contribution is -2.32. The molecule has 3 aromatic rings. The highest BCUT2D eigenvalue weighted by atomic mass is 16.4. The van der Waals surface area contributed by atoms with Crippen LogP contribution in [0, 0.1) is 0 Å². The third kappa shape index (κ3) is 3.46. The molecule has 7 heteroatoms. The summed E-state index contributed by atoms with van der Waals surface area (Å²) < 4.78 is 0. The Labute approximate surface area is 161 Å². The zero-order valence-corrected chi connectivity index (χ0v) is 15.0. The Morgan fingerprint density at radius 3 is 2.79 bits per heavy atom. The van der Waals surface area contributed by atoms with E-state index in [9.17, 15) is 14.7 Å². The van der Waals surface area contributed by atoms with Gasteiger partial charge < -0.3 is 10.4 Å². The number of carboxylic acids is 1. The zero-order chi connectivity index (χ0) is 19.5. The molecule has 0 spiro atoms. The maximum atomic E-state index is 12.8. The molecule has 1 atom stereocenters.